The second kappa shape index (κ2) is 8.94. The van der Waals surface area contributed by atoms with Crippen LogP contribution in [-0.4, -0.2) is 52.6 Å². The molecule has 0 saturated carbocycles. The van der Waals surface area contributed by atoms with Crippen molar-refractivity contribution in [1.29, 1.82) is 0 Å². The summed E-state index contributed by atoms with van der Waals surface area (Å²) in [4.78, 5) is 16.3. The number of halogens is 1. The fourth-order valence-corrected chi connectivity index (χ4v) is 4.57. The first-order valence-corrected chi connectivity index (χ1v) is 11.6. The number of benzene rings is 2. The Morgan fingerprint density at radius 1 is 1.29 bits per heavy atom. The maximum Gasteiger partial charge on any atom is 0.273 e. The molecule has 0 bridgehead atoms. The highest BCUT2D eigenvalue weighted by Crippen LogP contribution is 2.45. The molecule has 1 amide bonds. The number of thioether (sulfide) groups is 1. The number of H-pyrrole nitrogens is 1. The first-order valence-electron chi connectivity index (χ1n) is 9.97. The van der Waals surface area contributed by atoms with E-state index >= 15 is 0 Å². The number of phenols is 1. The van der Waals surface area contributed by atoms with Gasteiger partial charge in [-0.3, -0.25) is 9.89 Å². The topological polar surface area (TPSA) is 78.5 Å². The van der Waals surface area contributed by atoms with E-state index in [0.717, 1.165) is 28.0 Å². The zero-order valence-electron chi connectivity index (χ0n) is 17.6. The molecule has 3 aromatic rings. The number of carbonyl (C=O) groups excluding carboxylic acids is 1. The van der Waals surface area contributed by atoms with E-state index < -0.39 is 0 Å². The lowest BCUT2D eigenvalue weighted by atomic mass is 9.95. The van der Waals surface area contributed by atoms with Crippen LogP contribution in [0.25, 0.3) is 11.3 Å². The molecule has 162 valence electrons. The van der Waals surface area contributed by atoms with Gasteiger partial charge >= 0.3 is 0 Å². The standard InChI is InChI=1S/C23H24ClN3O3S/c1-13-11-18(28)16(12-17(13)24)20-19-21(26-25-20)23(29)27(9-4-10-30-2)22(19)14-5-7-15(31-3)8-6-14/h5-8,11-12,22,28H,4,9-10H2,1-3H3,(H,25,26). The maximum atomic E-state index is 13.3. The van der Waals surface area contributed by atoms with Gasteiger partial charge in [0.05, 0.1) is 6.04 Å². The third-order valence-corrected chi connectivity index (χ3v) is 6.73. The Morgan fingerprint density at radius 3 is 2.71 bits per heavy atom. The molecule has 0 aliphatic carbocycles. The molecule has 1 aliphatic rings. The number of ether oxygens (including phenoxy) is 1. The Labute approximate surface area is 190 Å². The first kappa shape index (κ1) is 21.7. The van der Waals surface area contributed by atoms with Crippen LogP contribution in [0.15, 0.2) is 41.3 Å². The van der Waals surface area contributed by atoms with Crippen LogP contribution in [0, 0.1) is 6.92 Å². The number of nitrogens with one attached hydrogen (secondary N) is 1. The highest BCUT2D eigenvalue weighted by molar-refractivity contribution is 7.98. The molecule has 0 fully saturated rings. The average molecular weight is 458 g/mol. The number of amides is 1. The van der Waals surface area contributed by atoms with Crippen molar-refractivity contribution in [2.24, 2.45) is 0 Å². The first-order chi connectivity index (χ1) is 15.0. The third kappa shape index (κ3) is 3.93. The minimum absolute atomic E-state index is 0.0814. The van der Waals surface area contributed by atoms with Gasteiger partial charge < -0.3 is 14.7 Å². The fraction of sp³-hybridized carbons (Fsp3) is 0.304. The second-order valence-electron chi connectivity index (χ2n) is 7.50. The van der Waals surface area contributed by atoms with Crippen molar-refractivity contribution in [2.75, 3.05) is 26.5 Å². The number of phenolic OH excluding ortho intramolecular Hbond substituents is 1. The molecule has 8 heteroatoms. The van der Waals surface area contributed by atoms with Gasteiger partial charge in [-0.15, -0.1) is 11.8 Å². The van der Waals surface area contributed by atoms with E-state index in [1.165, 1.54) is 0 Å². The number of aromatic nitrogens is 2. The number of hydrogen-bond acceptors (Lipinski definition) is 5. The third-order valence-electron chi connectivity index (χ3n) is 5.57. The number of fused-ring (bicyclic) bond motifs is 1. The van der Waals surface area contributed by atoms with Crippen molar-refractivity contribution in [2.45, 2.75) is 24.3 Å². The molecular weight excluding hydrogens is 434 g/mol. The molecule has 6 nitrogen and oxygen atoms in total. The number of aromatic amines is 1. The molecule has 0 radical (unpaired) electrons. The lowest BCUT2D eigenvalue weighted by molar-refractivity contribution is 0.0723. The average Bonchev–Trinajstić information content (AvgIpc) is 3.30. The van der Waals surface area contributed by atoms with E-state index in [-0.39, 0.29) is 17.7 Å². The number of hydrogen-bond donors (Lipinski definition) is 2. The van der Waals surface area contributed by atoms with E-state index in [9.17, 15) is 9.90 Å². The predicted molar refractivity (Wildman–Crippen MR) is 123 cm³/mol. The van der Waals surface area contributed by atoms with Crippen LogP contribution < -0.4 is 0 Å². The molecular formula is C23H24ClN3O3S. The van der Waals surface area contributed by atoms with Gasteiger partial charge in [0, 0.05) is 41.3 Å². The van der Waals surface area contributed by atoms with E-state index in [4.69, 9.17) is 16.3 Å². The summed E-state index contributed by atoms with van der Waals surface area (Å²) in [6.07, 6.45) is 2.75. The quantitative estimate of drug-likeness (QED) is 0.383. The Kier molecular flexibility index (Phi) is 6.27. The van der Waals surface area contributed by atoms with Gasteiger partial charge in [-0.05, 0) is 55.0 Å². The molecule has 1 aliphatic heterocycles. The molecule has 1 atom stereocenters. The van der Waals surface area contributed by atoms with Crippen LogP contribution in [-0.2, 0) is 4.74 Å². The van der Waals surface area contributed by atoms with Gasteiger partial charge in [0.2, 0.25) is 0 Å². The number of aryl methyl sites for hydroxylation is 1. The lowest BCUT2D eigenvalue weighted by Gasteiger charge is -2.26. The van der Waals surface area contributed by atoms with Crippen molar-refractivity contribution in [3.63, 3.8) is 0 Å². The van der Waals surface area contributed by atoms with Gasteiger partial charge in [-0.25, -0.2) is 0 Å². The second-order valence-corrected chi connectivity index (χ2v) is 8.79. The lowest BCUT2D eigenvalue weighted by Crippen LogP contribution is -2.31. The minimum Gasteiger partial charge on any atom is -0.507 e. The summed E-state index contributed by atoms with van der Waals surface area (Å²) in [5, 5.41) is 18.5. The van der Waals surface area contributed by atoms with Crippen LogP contribution >= 0.6 is 23.4 Å². The Bertz CT molecular complexity index is 1110. The Balaban J connectivity index is 1.84. The predicted octanol–water partition coefficient (Wildman–Crippen LogP) is 5.05. The van der Waals surface area contributed by atoms with Crippen LogP contribution in [0.5, 0.6) is 5.75 Å². The maximum absolute atomic E-state index is 13.3. The van der Waals surface area contributed by atoms with Crippen molar-refractivity contribution in [3.8, 4) is 17.0 Å². The van der Waals surface area contributed by atoms with E-state index in [1.807, 2.05) is 30.2 Å². The normalized spacial score (nSPS) is 15.5. The van der Waals surface area contributed by atoms with Gasteiger partial charge in [-0.1, -0.05) is 23.7 Å². The zero-order chi connectivity index (χ0) is 22.1. The van der Waals surface area contributed by atoms with Crippen molar-refractivity contribution in [1.82, 2.24) is 15.1 Å². The van der Waals surface area contributed by atoms with Gasteiger partial charge in [0.15, 0.2) is 0 Å². The highest BCUT2D eigenvalue weighted by atomic mass is 35.5. The van der Waals surface area contributed by atoms with Gasteiger partial charge in [0.25, 0.3) is 5.91 Å². The molecule has 2 N–H and O–H groups in total. The smallest absolute Gasteiger partial charge is 0.273 e. The summed E-state index contributed by atoms with van der Waals surface area (Å²) in [6, 6.07) is 11.2. The fourth-order valence-electron chi connectivity index (χ4n) is 4.00. The SMILES string of the molecule is COCCCN1C(=O)c2[nH]nc(-c3cc(Cl)c(C)cc3O)c2C1c1ccc(SC)cc1. The van der Waals surface area contributed by atoms with E-state index in [0.29, 0.717) is 35.1 Å². The molecule has 31 heavy (non-hydrogen) atoms. The summed E-state index contributed by atoms with van der Waals surface area (Å²) < 4.78 is 5.19. The van der Waals surface area contributed by atoms with Crippen LogP contribution in [0.4, 0.5) is 0 Å². The largest absolute Gasteiger partial charge is 0.507 e. The van der Waals surface area contributed by atoms with Crippen molar-refractivity contribution in [3.05, 3.63) is 63.8 Å². The summed E-state index contributed by atoms with van der Waals surface area (Å²) in [5.74, 6) is -0.0283. The summed E-state index contributed by atoms with van der Waals surface area (Å²) in [5.41, 5.74) is 4.01. The Hall–Kier alpha value is -2.48. The van der Waals surface area contributed by atoms with Gasteiger partial charge in [-0.2, -0.15) is 5.10 Å². The van der Waals surface area contributed by atoms with Crippen LogP contribution in [0.2, 0.25) is 5.02 Å². The van der Waals surface area contributed by atoms with Crippen molar-refractivity contribution < 1.29 is 14.6 Å². The molecule has 0 saturated heterocycles. The summed E-state index contributed by atoms with van der Waals surface area (Å²) >= 11 is 8.01. The number of aromatic hydroxyl groups is 1. The van der Waals surface area contributed by atoms with Crippen LogP contribution in [0.3, 0.4) is 0 Å². The molecule has 0 spiro atoms. The van der Waals surface area contributed by atoms with E-state index in [1.54, 1.807) is 31.0 Å². The minimum atomic E-state index is -0.316. The molecule has 1 aromatic heterocycles. The Morgan fingerprint density at radius 2 is 2.03 bits per heavy atom. The molecule has 4 rings (SSSR count). The number of nitrogens with zero attached hydrogens (tertiary/aromatic N) is 2. The summed E-state index contributed by atoms with van der Waals surface area (Å²) in [7, 11) is 1.65. The number of carbonyl (C=O) groups is 1. The van der Waals surface area contributed by atoms with Crippen LogP contribution in [0.1, 0.15) is 39.6 Å². The monoisotopic (exact) mass is 457 g/mol. The van der Waals surface area contributed by atoms with Gasteiger partial charge in [0.1, 0.15) is 17.1 Å². The van der Waals surface area contributed by atoms with E-state index in [2.05, 4.69) is 22.3 Å². The molecule has 2 aromatic carbocycles. The highest BCUT2D eigenvalue weighted by Gasteiger charge is 2.42. The number of methoxy groups -OCH3 is 1. The summed E-state index contributed by atoms with van der Waals surface area (Å²) in [6.45, 7) is 2.94. The molecule has 1 unspecified atom stereocenters. The van der Waals surface area contributed by atoms with Crippen molar-refractivity contribution >= 4 is 29.3 Å². The zero-order valence-corrected chi connectivity index (χ0v) is 19.2. The number of rotatable bonds is 7. The molecule has 2 heterocycles.